The Morgan fingerprint density at radius 3 is 2.50 bits per heavy atom. The summed E-state index contributed by atoms with van der Waals surface area (Å²) in [7, 11) is -3.14. The van der Waals surface area contributed by atoms with Gasteiger partial charge in [-0.25, -0.2) is 17.9 Å². The van der Waals surface area contributed by atoms with Crippen LogP contribution in [-0.4, -0.2) is 33.4 Å². The number of unbranched alkanes of at least 4 members (excludes halogenated alkanes) is 1. The molecule has 0 aliphatic rings. The van der Waals surface area contributed by atoms with Gasteiger partial charge in [0.15, 0.2) is 0 Å². The summed E-state index contributed by atoms with van der Waals surface area (Å²) in [5.41, 5.74) is 0.933. The molecule has 124 valence electrons. The van der Waals surface area contributed by atoms with E-state index in [1.807, 2.05) is 37.3 Å². The minimum atomic E-state index is -3.14. The van der Waals surface area contributed by atoms with Crippen molar-refractivity contribution >= 4 is 16.1 Å². The van der Waals surface area contributed by atoms with Gasteiger partial charge >= 0.3 is 6.09 Å². The zero-order chi connectivity index (χ0) is 16.3. The van der Waals surface area contributed by atoms with E-state index >= 15 is 0 Å². The molecule has 22 heavy (non-hydrogen) atoms. The van der Waals surface area contributed by atoms with Gasteiger partial charge in [-0.05, 0) is 24.8 Å². The van der Waals surface area contributed by atoms with Gasteiger partial charge in [0.2, 0.25) is 10.0 Å². The molecule has 1 amide bonds. The number of ether oxygens (including phenoxy) is 1. The molecule has 6 nitrogen and oxygen atoms in total. The van der Waals surface area contributed by atoms with Gasteiger partial charge in [-0.15, -0.1) is 0 Å². The summed E-state index contributed by atoms with van der Waals surface area (Å²) in [4.78, 5) is 11.4. The van der Waals surface area contributed by atoms with Crippen LogP contribution in [0, 0.1) is 0 Å². The number of alkyl carbamates (subject to hydrolysis) is 1. The molecule has 0 atom stereocenters. The van der Waals surface area contributed by atoms with Crippen molar-refractivity contribution in [2.24, 2.45) is 0 Å². The molecule has 0 aliphatic carbocycles. The van der Waals surface area contributed by atoms with Gasteiger partial charge in [0, 0.05) is 13.1 Å². The van der Waals surface area contributed by atoms with E-state index < -0.39 is 16.1 Å². The van der Waals surface area contributed by atoms with Crippen LogP contribution in [0.15, 0.2) is 30.3 Å². The normalized spacial score (nSPS) is 11.1. The van der Waals surface area contributed by atoms with Crippen LogP contribution in [0.2, 0.25) is 0 Å². The van der Waals surface area contributed by atoms with Gasteiger partial charge in [0.1, 0.15) is 6.61 Å². The van der Waals surface area contributed by atoms with Crippen LogP contribution in [0.25, 0.3) is 0 Å². The second-order valence-electron chi connectivity index (χ2n) is 4.91. The van der Waals surface area contributed by atoms with Crippen molar-refractivity contribution in [1.82, 2.24) is 10.0 Å². The van der Waals surface area contributed by atoms with E-state index in [2.05, 4.69) is 10.0 Å². The fraction of sp³-hybridized carbons (Fsp3) is 0.533. The van der Waals surface area contributed by atoms with E-state index in [1.54, 1.807) is 0 Å². The van der Waals surface area contributed by atoms with Crippen molar-refractivity contribution < 1.29 is 17.9 Å². The molecule has 0 spiro atoms. The Bertz CT molecular complexity index is 532. The Balaban J connectivity index is 2.03. The topological polar surface area (TPSA) is 84.5 Å². The molecule has 1 aromatic rings. The van der Waals surface area contributed by atoms with Crippen LogP contribution < -0.4 is 10.0 Å². The second-order valence-corrected chi connectivity index (χ2v) is 6.84. The molecule has 0 aromatic heterocycles. The number of carbonyl (C=O) groups is 1. The van der Waals surface area contributed by atoms with Crippen molar-refractivity contribution in [1.29, 1.82) is 0 Å². The standard InChI is InChI=1S/C15H24N2O4S/c1-2-12-22(19,20)17-11-7-6-10-16-15(18)21-13-14-8-4-3-5-9-14/h3-5,8-9,17H,2,6-7,10-13H2,1H3,(H,16,18). The predicted molar refractivity (Wildman–Crippen MR) is 85.9 cm³/mol. The van der Waals surface area contributed by atoms with E-state index in [0.717, 1.165) is 5.56 Å². The predicted octanol–water partition coefficient (Wildman–Crippen LogP) is 2.02. The third kappa shape index (κ3) is 8.63. The molecule has 0 saturated heterocycles. The third-order valence-corrected chi connectivity index (χ3v) is 4.47. The fourth-order valence-corrected chi connectivity index (χ4v) is 2.92. The maximum Gasteiger partial charge on any atom is 0.407 e. The maximum atomic E-state index is 11.4. The summed E-state index contributed by atoms with van der Waals surface area (Å²) in [6.45, 7) is 2.92. The molecule has 0 heterocycles. The highest BCUT2D eigenvalue weighted by Crippen LogP contribution is 2.00. The van der Waals surface area contributed by atoms with Gasteiger partial charge in [-0.1, -0.05) is 37.3 Å². The van der Waals surface area contributed by atoms with E-state index in [0.29, 0.717) is 32.4 Å². The molecule has 1 rings (SSSR count). The molecule has 0 saturated carbocycles. The van der Waals surface area contributed by atoms with Crippen LogP contribution in [0.1, 0.15) is 31.7 Å². The molecule has 1 aromatic carbocycles. The lowest BCUT2D eigenvalue weighted by Crippen LogP contribution is -2.29. The summed E-state index contributed by atoms with van der Waals surface area (Å²) >= 11 is 0. The molecule has 0 radical (unpaired) electrons. The summed E-state index contributed by atoms with van der Waals surface area (Å²) in [6.07, 6.45) is 1.50. The second kappa shape index (κ2) is 10.2. The average molecular weight is 328 g/mol. The Hall–Kier alpha value is -1.60. The van der Waals surface area contributed by atoms with Crippen molar-refractivity contribution in [3.8, 4) is 0 Å². The number of amides is 1. The number of hydrogen-bond acceptors (Lipinski definition) is 4. The number of benzene rings is 1. The number of sulfonamides is 1. The first-order chi connectivity index (χ1) is 10.5. The lowest BCUT2D eigenvalue weighted by atomic mass is 10.2. The molecule has 0 bridgehead atoms. The van der Waals surface area contributed by atoms with Crippen LogP contribution in [-0.2, 0) is 21.4 Å². The lowest BCUT2D eigenvalue weighted by molar-refractivity contribution is 0.139. The fourth-order valence-electron chi connectivity index (χ4n) is 1.78. The van der Waals surface area contributed by atoms with Gasteiger partial charge in [-0.2, -0.15) is 0 Å². The third-order valence-electron chi connectivity index (χ3n) is 2.88. The number of nitrogens with one attached hydrogen (secondary N) is 2. The number of hydrogen-bond donors (Lipinski definition) is 2. The highest BCUT2D eigenvalue weighted by molar-refractivity contribution is 7.89. The van der Waals surface area contributed by atoms with Gasteiger partial charge < -0.3 is 10.1 Å². The van der Waals surface area contributed by atoms with Crippen LogP contribution in [0.3, 0.4) is 0 Å². The van der Waals surface area contributed by atoms with E-state index in [1.165, 1.54) is 0 Å². The summed E-state index contributed by atoms with van der Waals surface area (Å²) in [5.74, 6) is 0.150. The van der Waals surface area contributed by atoms with Crippen molar-refractivity contribution in [2.45, 2.75) is 32.8 Å². The Morgan fingerprint density at radius 1 is 1.14 bits per heavy atom. The van der Waals surface area contributed by atoms with Gasteiger partial charge in [-0.3, -0.25) is 0 Å². The Kier molecular flexibility index (Phi) is 8.54. The molecule has 7 heteroatoms. The molecule has 0 aliphatic heterocycles. The first kappa shape index (κ1) is 18.4. The lowest BCUT2D eigenvalue weighted by Gasteiger charge is -2.08. The molecule has 0 unspecified atom stereocenters. The monoisotopic (exact) mass is 328 g/mol. The quantitative estimate of drug-likeness (QED) is 0.644. The Morgan fingerprint density at radius 2 is 1.82 bits per heavy atom. The van der Waals surface area contributed by atoms with Crippen molar-refractivity contribution in [3.63, 3.8) is 0 Å². The van der Waals surface area contributed by atoms with Gasteiger partial charge in [0.25, 0.3) is 0 Å². The van der Waals surface area contributed by atoms with E-state index in [-0.39, 0.29) is 12.4 Å². The zero-order valence-corrected chi connectivity index (χ0v) is 13.7. The van der Waals surface area contributed by atoms with Crippen LogP contribution in [0.4, 0.5) is 4.79 Å². The summed E-state index contributed by atoms with van der Waals surface area (Å²) in [5, 5.41) is 2.64. The smallest absolute Gasteiger partial charge is 0.407 e. The SMILES string of the molecule is CCCS(=O)(=O)NCCCCNC(=O)OCc1ccccc1. The summed E-state index contributed by atoms with van der Waals surface area (Å²) < 4.78 is 30.4. The highest BCUT2D eigenvalue weighted by atomic mass is 32.2. The van der Waals surface area contributed by atoms with Crippen molar-refractivity contribution in [2.75, 3.05) is 18.8 Å². The first-order valence-corrected chi connectivity index (χ1v) is 9.10. The van der Waals surface area contributed by atoms with E-state index in [9.17, 15) is 13.2 Å². The molecular formula is C15H24N2O4S. The maximum absolute atomic E-state index is 11.4. The van der Waals surface area contributed by atoms with Gasteiger partial charge in [0.05, 0.1) is 5.75 Å². The van der Waals surface area contributed by atoms with Crippen LogP contribution >= 0.6 is 0 Å². The van der Waals surface area contributed by atoms with E-state index in [4.69, 9.17) is 4.74 Å². The molecular weight excluding hydrogens is 304 g/mol. The van der Waals surface area contributed by atoms with Crippen LogP contribution in [0.5, 0.6) is 0 Å². The zero-order valence-electron chi connectivity index (χ0n) is 12.9. The number of carbonyl (C=O) groups excluding carboxylic acids is 1. The minimum absolute atomic E-state index is 0.150. The molecule has 0 fully saturated rings. The largest absolute Gasteiger partial charge is 0.445 e. The first-order valence-electron chi connectivity index (χ1n) is 7.45. The average Bonchev–Trinajstić information content (AvgIpc) is 2.49. The number of rotatable bonds is 10. The van der Waals surface area contributed by atoms with Crippen molar-refractivity contribution in [3.05, 3.63) is 35.9 Å². The minimum Gasteiger partial charge on any atom is -0.445 e. The highest BCUT2D eigenvalue weighted by Gasteiger charge is 2.07. The summed E-state index contributed by atoms with van der Waals surface area (Å²) in [6, 6.07) is 9.44. The molecule has 2 N–H and O–H groups in total. The Labute approximate surface area is 132 Å².